The fourth-order valence-corrected chi connectivity index (χ4v) is 3.70. The number of nitrogens with two attached hydrogens (primary N) is 1. The highest BCUT2D eigenvalue weighted by atomic mass is 16.6. The molecule has 5 rings (SSSR count). The van der Waals surface area contributed by atoms with Gasteiger partial charge in [0.05, 0.1) is 22.2 Å². The highest BCUT2D eigenvalue weighted by Gasteiger charge is 2.20. The number of imidazole rings is 1. The molecule has 0 spiro atoms. The van der Waals surface area contributed by atoms with Crippen molar-refractivity contribution >= 4 is 34.7 Å². The average molecular weight is 486 g/mol. The normalized spacial score (nSPS) is 11.4. The van der Waals surface area contributed by atoms with Gasteiger partial charge in [-0.05, 0) is 53.6 Å². The van der Waals surface area contributed by atoms with Crippen molar-refractivity contribution < 1.29 is 18.8 Å². The minimum Gasteiger partial charge on any atom is -0.455 e. The number of aryl methyl sites for hydroxylation is 1. The molecule has 180 valence electrons. The molecule has 36 heavy (non-hydrogen) atoms. The van der Waals surface area contributed by atoms with Crippen LogP contribution < -0.4 is 11.2 Å². The number of hydrazone groups is 1. The van der Waals surface area contributed by atoms with Gasteiger partial charge in [0, 0.05) is 17.2 Å². The maximum atomic E-state index is 12.7. The van der Waals surface area contributed by atoms with Crippen molar-refractivity contribution in [3.05, 3.63) is 76.0 Å². The van der Waals surface area contributed by atoms with Crippen LogP contribution in [0.5, 0.6) is 0 Å². The summed E-state index contributed by atoms with van der Waals surface area (Å²) in [4.78, 5) is 27.7. The summed E-state index contributed by atoms with van der Waals surface area (Å²) in [5, 5.41) is 22.4. The third kappa shape index (κ3) is 4.27. The van der Waals surface area contributed by atoms with Crippen LogP contribution >= 0.6 is 0 Å². The van der Waals surface area contributed by atoms with Gasteiger partial charge in [-0.25, -0.2) is 15.0 Å². The van der Waals surface area contributed by atoms with Gasteiger partial charge in [-0.3, -0.25) is 14.9 Å². The Hall–Kier alpha value is -5.33. The first kappa shape index (κ1) is 22.5. The molecule has 5 aromatic rings. The monoisotopic (exact) mass is 486 g/mol. The third-order valence-electron chi connectivity index (χ3n) is 5.37. The molecule has 3 aromatic heterocycles. The van der Waals surface area contributed by atoms with E-state index in [2.05, 4.69) is 30.5 Å². The predicted octanol–water partition coefficient (Wildman–Crippen LogP) is 3.30. The highest BCUT2D eigenvalue weighted by Crippen LogP contribution is 2.28. The lowest BCUT2D eigenvalue weighted by molar-refractivity contribution is -0.385. The lowest BCUT2D eigenvalue weighted by Crippen LogP contribution is -2.23. The van der Waals surface area contributed by atoms with Crippen LogP contribution in [0, 0.1) is 17.0 Å². The van der Waals surface area contributed by atoms with Crippen molar-refractivity contribution in [2.45, 2.75) is 13.5 Å². The first-order chi connectivity index (χ1) is 17.4. The number of furan rings is 1. The predicted molar refractivity (Wildman–Crippen MR) is 129 cm³/mol. The Kier molecular flexibility index (Phi) is 5.70. The Labute approximate surface area is 202 Å². The Morgan fingerprint density at radius 3 is 2.81 bits per heavy atom. The van der Waals surface area contributed by atoms with Crippen LogP contribution in [0.15, 0.2) is 68.7 Å². The molecular weight excluding hydrogens is 468 g/mol. The van der Waals surface area contributed by atoms with Gasteiger partial charge >= 0.3 is 0 Å². The van der Waals surface area contributed by atoms with Gasteiger partial charge in [0.2, 0.25) is 0 Å². The number of carbonyl (C=O) groups is 1. The summed E-state index contributed by atoms with van der Waals surface area (Å²) in [5.74, 6) is 0.860. The van der Waals surface area contributed by atoms with E-state index in [0.29, 0.717) is 39.5 Å². The Bertz CT molecular complexity index is 1630. The van der Waals surface area contributed by atoms with Gasteiger partial charge in [0.15, 0.2) is 17.3 Å². The number of para-hydroxylation sites is 2. The molecule has 0 fully saturated rings. The molecule has 0 bridgehead atoms. The summed E-state index contributed by atoms with van der Waals surface area (Å²) in [7, 11) is 0. The molecule has 3 heterocycles. The molecule has 0 unspecified atom stereocenters. The van der Waals surface area contributed by atoms with Crippen LogP contribution in [0.4, 0.5) is 11.5 Å². The first-order valence-corrected chi connectivity index (χ1v) is 10.6. The summed E-state index contributed by atoms with van der Waals surface area (Å²) in [6, 6.07) is 15.4. The minimum absolute atomic E-state index is 0.0335. The van der Waals surface area contributed by atoms with E-state index in [4.69, 9.17) is 10.2 Å². The van der Waals surface area contributed by atoms with E-state index < -0.39 is 10.8 Å². The Morgan fingerprint density at radius 2 is 2.06 bits per heavy atom. The summed E-state index contributed by atoms with van der Waals surface area (Å²) < 4.78 is 12.0. The molecule has 13 nitrogen and oxygen atoms in total. The lowest BCUT2D eigenvalue weighted by atomic mass is 10.1. The molecule has 1 amide bonds. The fourth-order valence-electron chi connectivity index (χ4n) is 3.70. The number of hydrogen-bond donors (Lipinski definition) is 2. The van der Waals surface area contributed by atoms with Crippen molar-refractivity contribution in [1.29, 1.82) is 0 Å². The van der Waals surface area contributed by atoms with Gasteiger partial charge < -0.3 is 14.7 Å². The zero-order valence-corrected chi connectivity index (χ0v) is 18.8. The maximum absolute atomic E-state index is 12.7. The number of nitrogens with zero attached hydrogens (tertiary/aromatic N) is 6. The van der Waals surface area contributed by atoms with E-state index in [1.807, 2.05) is 18.2 Å². The Morgan fingerprint density at radius 1 is 1.22 bits per heavy atom. The van der Waals surface area contributed by atoms with Crippen molar-refractivity contribution in [3.8, 4) is 22.8 Å². The second kappa shape index (κ2) is 9.13. The highest BCUT2D eigenvalue weighted by molar-refractivity contribution is 5.86. The first-order valence-electron chi connectivity index (χ1n) is 10.6. The standard InChI is InChI=1S/C23H18N8O5/c1-13-10-14(6-8-17(13)31(33)34)19-9-7-15(35-19)11-25-27-20(32)12-30-18-5-3-2-4-16(18)26-23(30)21-22(24)29-36-28-21/h2-11H,12H2,1H3,(H2,24,29)(H,27,32)/b25-11+. The number of rotatable bonds is 7. The molecule has 0 aliphatic heterocycles. The minimum atomic E-state index is -0.435. The molecule has 0 saturated carbocycles. The van der Waals surface area contributed by atoms with E-state index in [1.165, 1.54) is 12.3 Å². The van der Waals surface area contributed by atoms with Crippen molar-refractivity contribution in [3.63, 3.8) is 0 Å². The molecule has 3 N–H and O–H groups in total. The molecule has 0 aliphatic rings. The van der Waals surface area contributed by atoms with E-state index >= 15 is 0 Å². The van der Waals surface area contributed by atoms with Gasteiger partial charge in [-0.15, -0.1) is 0 Å². The second-order valence-electron chi connectivity index (χ2n) is 7.76. The zero-order valence-electron chi connectivity index (χ0n) is 18.8. The number of anilines is 1. The molecular formula is C23H18N8O5. The quantitative estimate of drug-likeness (QED) is 0.198. The van der Waals surface area contributed by atoms with E-state index in [0.717, 1.165) is 0 Å². The van der Waals surface area contributed by atoms with Crippen LogP contribution in [0.25, 0.3) is 33.9 Å². The molecule has 0 saturated heterocycles. The van der Waals surface area contributed by atoms with Gasteiger partial charge in [-0.1, -0.05) is 12.1 Å². The van der Waals surface area contributed by atoms with Crippen LogP contribution in [0.3, 0.4) is 0 Å². The lowest BCUT2D eigenvalue weighted by Gasteiger charge is -2.06. The number of nitrogen functional groups attached to an aromatic ring is 1. The summed E-state index contributed by atoms with van der Waals surface area (Å²) in [5.41, 5.74) is 11.1. The molecule has 13 heteroatoms. The van der Waals surface area contributed by atoms with E-state index in [-0.39, 0.29) is 23.7 Å². The number of benzene rings is 2. The molecule has 0 atom stereocenters. The molecule has 0 radical (unpaired) electrons. The number of nitro groups is 1. The van der Waals surface area contributed by atoms with Crippen LogP contribution in [-0.4, -0.2) is 36.9 Å². The van der Waals surface area contributed by atoms with Crippen molar-refractivity contribution in [1.82, 2.24) is 25.3 Å². The zero-order chi connectivity index (χ0) is 25.2. The number of aromatic nitrogens is 4. The van der Waals surface area contributed by atoms with E-state index in [9.17, 15) is 14.9 Å². The number of nitro benzene ring substituents is 1. The summed E-state index contributed by atoms with van der Waals surface area (Å²) in [6.07, 6.45) is 1.35. The summed E-state index contributed by atoms with van der Waals surface area (Å²) in [6.45, 7) is 1.54. The maximum Gasteiger partial charge on any atom is 0.272 e. The van der Waals surface area contributed by atoms with Gasteiger partial charge in [-0.2, -0.15) is 5.10 Å². The molecule has 0 aliphatic carbocycles. The van der Waals surface area contributed by atoms with Gasteiger partial charge in [0.25, 0.3) is 11.6 Å². The average Bonchev–Trinajstić information content (AvgIpc) is 3.58. The number of hydrogen-bond acceptors (Lipinski definition) is 10. The molecule has 2 aromatic carbocycles. The summed E-state index contributed by atoms with van der Waals surface area (Å²) >= 11 is 0. The third-order valence-corrected chi connectivity index (χ3v) is 5.37. The van der Waals surface area contributed by atoms with Gasteiger partial charge in [0.1, 0.15) is 18.1 Å². The largest absolute Gasteiger partial charge is 0.455 e. The van der Waals surface area contributed by atoms with Crippen molar-refractivity contribution in [2.24, 2.45) is 5.10 Å². The Balaban J connectivity index is 1.30. The number of nitrogens with one attached hydrogen (secondary N) is 1. The number of amides is 1. The van der Waals surface area contributed by atoms with Crippen LogP contribution in [0.2, 0.25) is 0 Å². The number of fused-ring (bicyclic) bond motifs is 1. The topological polar surface area (TPSA) is 180 Å². The smallest absolute Gasteiger partial charge is 0.272 e. The van der Waals surface area contributed by atoms with Crippen molar-refractivity contribution in [2.75, 3.05) is 5.73 Å². The fraction of sp³-hybridized carbons (Fsp3) is 0.0870. The second-order valence-corrected chi connectivity index (χ2v) is 7.76. The SMILES string of the molecule is Cc1cc(-c2ccc(/C=N/NC(=O)Cn3c(-c4nonc4N)nc4ccccc43)o2)ccc1[N+](=O)[O-]. The van der Waals surface area contributed by atoms with E-state index in [1.54, 1.807) is 41.8 Å². The van der Waals surface area contributed by atoms with Crippen LogP contribution in [-0.2, 0) is 11.3 Å². The number of carbonyl (C=O) groups excluding carboxylic acids is 1. The van der Waals surface area contributed by atoms with Crippen LogP contribution in [0.1, 0.15) is 11.3 Å².